The fraction of sp³-hybridized carbons (Fsp3) is 0.571. The number of rotatable bonds is 5. The highest BCUT2D eigenvalue weighted by molar-refractivity contribution is 8.00. The summed E-state index contributed by atoms with van der Waals surface area (Å²) in [6.07, 6.45) is 1.72. The molecule has 3 atom stereocenters. The smallest absolute Gasteiger partial charge is 0.326 e. The summed E-state index contributed by atoms with van der Waals surface area (Å²) in [5.41, 5.74) is 1.05. The Morgan fingerprint density at radius 1 is 1.55 bits per heavy atom. The monoisotopic (exact) mass is 313 g/mol. The SMILES string of the molecule is CC[C@H](C)[C@H](NC(=O)C1SCCc2sccc21)C(=O)O. The van der Waals surface area contributed by atoms with Crippen LogP contribution in [-0.4, -0.2) is 28.8 Å². The van der Waals surface area contributed by atoms with Crippen LogP contribution in [-0.2, 0) is 16.0 Å². The number of aryl methyl sites for hydroxylation is 1. The highest BCUT2D eigenvalue weighted by Gasteiger charge is 2.32. The minimum absolute atomic E-state index is 0.0769. The van der Waals surface area contributed by atoms with E-state index in [9.17, 15) is 14.7 Å². The van der Waals surface area contributed by atoms with Gasteiger partial charge in [-0.2, -0.15) is 0 Å². The number of carboxylic acid groups (broad SMARTS) is 1. The van der Waals surface area contributed by atoms with Crippen molar-refractivity contribution in [2.24, 2.45) is 5.92 Å². The fourth-order valence-electron chi connectivity index (χ4n) is 2.28. The zero-order valence-corrected chi connectivity index (χ0v) is 13.2. The van der Waals surface area contributed by atoms with Gasteiger partial charge in [-0.25, -0.2) is 4.79 Å². The van der Waals surface area contributed by atoms with Gasteiger partial charge in [-0.05, 0) is 35.1 Å². The Bertz CT molecular complexity index is 500. The summed E-state index contributed by atoms with van der Waals surface area (Å²) in [6.45, 7) is 3.78. The molecule has 110 valence electrons. The lowest BCUT2D eigenvalue weighted by molar-refractivity contribution is -0.143. The summed E-state index contributed by atoms with van der Waals surface area (Å²) < 4.78 is 0. The first-order valence-corrected chi connectivity index (χ1v) is 8.68. The number of carbonyl (C=O) groups is 2. The van der Waals surface area contributed by atoms with E-state index in [1.165, 1.54) is 4.88 Å². The van der Waals surface area contributed by atoms with Crippen LogP contribution < -0.4 is 5.32 Å². The summed E-state index contributed by atoms with van der Waals surface area (Å²) in [6, 6.07) is 1.17. The van der Waals surface area contributed by atoms with Crippen molar-refractivity contribution in [3.8, 4) is 0 Å². The Kier molecular flexibility index (Phi) is 5.10. The first-order chi connectivity index (χ1) is 9.54. The maximum absolute atomic E-state index is 12.4. The van der Waals surface area contributed by atoms with Crippen LogP contribution >= 0.6 is 23.1 Å². The van der Waals surface area contributed by atoms with E-state index in [0.717, 1.165) is 24.2 Å². The molecule has 0 aromatic carbocycles. The predicted molar refractivity (Wildman–Crippen MR) is 82.2 cm³/mol. The van der Waals surface area contributed by atoms with E-state index in [2.05, 4.69) is 5.32 Å². The number of aliphatic carboxylic acids is 1. The molecule has 0 aliphatic carbocycles. The molecule has 0 saturated heterocycles. The predicted octanol–water partition coefficient (Wildman–Crippen LogP) is 2.69. The molecular formula is C14H19NO3S2. The Balaban J connectivity index is 2.11. The molecule has 0 bridgehead atoms. The van der Waals surface area contributed by atoms with Crippen molar-refractivity contribution in [2.45, 2.75) is 38.0 Å². The summed E-state index contributed by atoms with van der Waals surface area (Å²) in [7, 11) is 0. The topological polar surface area (TPSA) is 66.4 Å². The van der Waals surface area contributed by atoms with Gasteiger partial charge in [0.15, 0.2) is 0 Å². The summed E-state index contributed by atoms with van der Waals surface area (Å²) >= 11 is 3.27. The van der Waals surface area contributed by atoms with Crippen LogP contribution in [0.3, 0.4) is 0 Å². The summed E-state index contributed by atoms with van der Waals surface area (Å²) in [5, 5.41) is 13.7. The van der Waals surface area contributed by atoms with Crippen LogP contribution in [0.15, 0.2) is 11.4 Å². The zero-order chi connectivity index (χ0) is 14.7. The molecule has 0 fully saturated rings. The van der Waals surface area contributed by atoms with Crippen LogP contribution in [0.1, 0.15) is 36.0 Å². The number of carboxylic acids is 1. The van der Waals surface area contributed by atoms with Gasteiger partial charge in [0, 0.05) is 4.88 Å². The van der Waals surface area contributed by atoms with Crippen molar-refractivity contribution in [1.29, 1.82) is 0 Å². The Hall–Kier alpha value is -1.01. The first kappa shape index (κ1) is 15.4. The van der Waals surface area contributed by atoms with Crippen molar-refractivity contribution in [3.05, 3.63) is 21.9 Å². The number of carbonyl (C=O) groups excluding carboxylic acids is 1. The van der Waals surface area contributed by atoms with Gasteiger partial charge in [0.05, 0.1) is 0 Å². The van der Waals surface area contributed by atoms with E-state index in [0.29, 0.717) is 0 Å². The third-order valence-electron chi connectivity index (χ3n) is 3.69. The number of amides is 1. The number of fused-ring (bicyclic) bond motifs is 1. The standard InChI is InChI=1S/C14H19NO3S2/c1-3-8(2)11(14(17)18)15-13(16)12-9-4-6-19-10(9)5-7-20-12/h4,6,8,11-12H,3,5,7H2,1-2H3,(H,15,16)(H,17,18)/t8-,11-,12?/m0/s1. The lowest BCUT2D eigenvalue weighted by Crippen LogP contribution is -2.46. The molecule has 2 rings (SSSR count). The molecular weight excluding hydrogens is 294 g/mol. The lowest BCUT2D eigenvalue weighted by Gasteiger charge is -2.25. The number of thioether (sulfide) groups is 1. The molecule has 2 N–H and O–H groups in total. The van der Waals surface area contributed by atoms with Crippen molar-refractivity contribution in [2.75, 3.05) is 5.75 Å². The molecule has 1 aliphatic heterocycles. The van der Waals surface area contributed by atoms with Crippen molar-refractivity contribution >= 4 is 35.0 Å². The molecule has 1 amide bonds. The quantitative estimate of drug-likeness (QED) is 0.877. The third kappa shape index (κ3) is 3.17. The maximum Gasteiger partial charge on any atom is 0.326 e. The highest BCUT2D eigenvalue weighted by atomic mass is 32.2. The van der Waals surface area contributed by atoms with Gasteiger partial charge in [-0.3, -0.25) is 4.79 Å². The van der Waals surface area contributed by atoms with E-state index >= 15 is 0 Å². The lowest BCUT2D eigenvalue weighted by atomic mass is 9.99. The van der Waals surface area contributed by atoms with Crippen LogP contribution in [0.5, 0.6) is 0 Å². The van der Waals surface area contributed by atoms with Gasteiger partial charge in [-0.1, -0.05) is 20.3 Å². The number of nitrogens with one attached hydrogen (secondary N) is 1. The molecule has 4 nitrogen and oxygen atoms in total. The Morgan fingerprint density at radius 3 is 2.95 bits per heavy atom. The van der Waals surface area contributed by atoms with Crippen molar-refractivity contribution in [1.82, 2.24) is 5.32 Å². The second-order valence-electron chi connectivity index (χ2n) is 5.01. The average Bonchev–Trinajstić information content (AvgIpc) is 2.91. The van der Waals surface area contributed by atoms with E-state index in [1.54, 1.807) is 23.1 Å². The highest BCUT2D eigenvalue weighted by Crippen LogP contribution is 2.39. The van der Waals surface area contributed by atoms with Crippen molar-refractivity contribution < 1.29 is 14.7 Å². The molecule has 0 spiro atoms. The largest absolute Gasteiger partial charge is 0.480 e. The molecule has 20 heavy (non-hydrogen) atoms. The maximum atomic E-state index is 12.4. The number of hydrogen-bond donors (Lipinski definition) is 2. The number of thiophene rings is 1. The second-order valence-corrected chi connectivity index (χ2v) is 7.22. The van der Waals surface area contributed by atoms with E-state index in [4.69, 9.17) is 0 Å². The Morgan fingerprint density at radius 2 is 2.30 bits per heavy atom. The van der Waals surface area contributed by atoms with E-state index in [1.807, 2.05) is 25.3 Å². The molecule has 6 heteroatoms. The van der Waals surface area contributed by atoms with Gasteiger partial charge in [-0.15, -0.1) is 23.1 Å². The van der Waals surface area contributed by atoms with Gasteiger partial charge in [0.2, 0.25) is 5.91 Å². The molecule has 1 aromatic rings. The van der Waals surface area contributed by atoms with Gasteiger partial charge >= 0.3 is 5.97 Å². The average molecular weight is 313 g/mol. The van der Waals surface area contributed by atoms with Crippen LogP contribution in [0.4, 0.5) is 0 Å². The molecule has 1 unspecified atom stereocenters. The van der Waals surface area contributed by atoms with Crippen LogP contribution in [0.2, 0.25) is 0 Å². The van der Waals surface area contributed by atoms with Gasteiger partial charge in [0.1, 0.15) is 11.3 Å². The van der Waals surface area contributed by atoms with E-state index in [-0.39, 0.29) is 17.1 Å². The first-order valence-electron chi connectivity index (χ1n) is 6.75. The minimum atomic E-state index is -0.959. The van der Waals surface area contributed by atoms with E-state index < -0.39 is 12.0 Å². The molecule has 1 aliphatic rings. The number of hydrogen-bond acceptors (Lipinski definition) is 4. The molecule has 1 aromatic heterocycles. The molecule has 0 saturated carbocycles. The second kappa shape index (κ2) is 6.63. The molecule has 2 heterocycles. The summed E-state index contributed by atoms with van der Waals surface area (Å²) in [4.78, 5) is 24.9. The fourth-order valence-corrected chi connectivity index (χ4v) is 4.58. The third-order valence-corrected chi connectivity index (χ3v) is 5.93. The Labute approximate surface area is 127 Å². The molecule has 0 radical (unpaired) electrons. The summed E-state index contributed by atoms with van der Waals surface area (Å²) in [5.74, 6) is -0.305. The van der Waals surface area contributed by atoms with Gasteiger partial charge < -0.3 is 10.4 Å². The normalized spacial score (nSPS) is 20.8. The van der Waals surface area contributed by atoms with Gasteiger partial charge in [0.25, 0.3) is 0 Å². The van der Waals surface area contributed by atoms with Crippen molar-refractivity contribution in [3.63, 3.8) is 0 Å². The minimum Gasteiger partial charge on any atom is -0.480 e. The van der Waals surface area contributed by atoms with Crippen LogP contribution in [0, 0.1) is 5.92 Å². The van der Waals surface area contributed by atoms with Crippen LogP contribution in [0.25, 0.3) is 0 Å². The zero-order valence-electron chi connectivity index (χ0n) is 11.6.